The molecular formula is C25H34N6O5. The van der Waals surface area contributed by atoms with Crippen LogP contribution >= 0.6 is 0 Å². The number of anilines is 4. The number of fused-ring (bicyclic) bond motifs is 1. The lowest BCUT2D eigenvalue weighted by molar-refractivity contribution is -0.118. The highest BCUT2D eigenvalue weighted by Crippen LogP contribution is 2.37. The molecule has 1 aromatic heterocycles. The molecule has 2 heterocycles. The second-order valence-electron chi connectivity index (χ2n) is 8.87. The Morgan fingerprint density at radius 3 is 2.81 bits per heavy atom. The Morgan fingerprint density at radius 1 is 1.25 bits per heavy atom. The van der Waals surface area contributed by atoms with Crippen LogP contribution in [0, 0.1) is 0 Å². The van der Waals surface area contributed by atoms with Crippen LogP contribution in [0.4, 0.5) is 23.1 Å². The van der Waals surface area contributed by atoms with Gasteiger partial charge in [-0.1, -0.05) is 12.8 Å². The Bertz CT molecular complexity index is 1070. The fourth-order valence-electron chi connectivity index (χ4n) is 4.64. The zero-order chi connectivity index (χ0) is 25.5. The second kappa shape index (κ2) is 12.0. The Labute approximate surface area is 210 Å². The molecule has 3 N–H and O–H groups in total. The number of hydrogen-bond acceptors (Lipinski definition) is 9. The Morgan fingerprint density at radius 2 is 2.06 bits per heavy atom. The van der Waals surface area contributed by atoms with Crippen molar-refractivity contribution in [2.45, 2.75) is 38.1 Å². The number of nitrogens with zero attached hydrogens (tertiary/aromatic N) is 4. The quantitative estimate of drug-likeness (QED) is 0.422. The third kappa shape index (κ3) is 5.85. The minimum Gasteiger partial charge on any atom is -0.495 e. The summed E-state index contributed by atoms with van der Waals surface area (Å²) < 4.78 is 10.7. The Balaban J connectivity index is 1.56. The zero-order valence-corrected chi connectivity index (χ0v) is 20.8. The van der Waals surface area contributed by atoms with E-state index in [1.807, 2.05) is 0 Å². The summed E-state index contributed by atoms with van der Waals surface area (Å²) in [5.74, 6) is 1.42. The first-order chi connectivity index (χ1) is 17.5. The molecule has 4 rings (SSSR count). The maximum absolute atomic E-state index is 12.6. The number of hydrogen-bond donors (Lipinski definition) is 3. The van der Waals surface area contributed by atoms with Crippen molar-refractivity contribution in [3.63, 3.8) is 0 Å². The van der Waals surface area contributed by atoms with E-state index in [-0.39, 0.29) is 25.0 Å². The van der Waals surface area contributed by atoms with E-state index in [1.165, 1.54) is 12.8 Å². The highest BCUT2D eigenvalue weighted by Gasteiger charge is 2.31. The first-order valence-corrected chi connectivity index (χ1v) is 12.3. The summed E-state index contributed by atoms with van der Waals surface area (Å²) in [6, 6.07) is 5.42. The molecule has 1 fully saturated rings. The normalized spacial score (nSPS) is 16.0. The molecule has 0 saturated heterocycles. The SMILES string of the molecule is COc1ccc(C(=O)NCCOCCO)cc1Nc1ncc2c(n1)N(C1CCCC1)CCC(=O)N2C. The summed E-state index contributed by atoms with van der Waals surface area (Å²) in [4.78, 5) is 38.4. The summed E-state index contributed by atoms with van der Waals surface area (Å²) in [6.45, 7) is 1.43. The Kier molecular flexibility index (Phi) is 8.55. The van der Waals surface area contributed by atoms with E-state index in [4.69, 9.17) is 19.6 Å². The zero-order valence-electron chi connectivity index (χ0n) is 20.8. The number of aliphatic hydroxyl groups is 1. The first-order valence-electron chi connectivity index (χ1n) is 12.3. The molecule has 1 aliphatic heterocycles. The van der Waals surface area contributed by atoms with Gasteiger partial charge in [-0.25, -0.2) is 4.98 Å². The summed E-state index contributed by atoms with van der Waals surface area (Å²) >= 11 is 0. The number of rotatable bonds is 10. The molecule has 1 aliphatic carbocycles. The molecule has 194 valence electrons. The van der Waals surface area contributed by atoms with E-state index in [1.54, 1.807) is 43.5 Å². The fraction of sp³-hybridized carbons (Fsp3) is 0.520. The van der Waals surface area contributed by atoms with Gasteiger partial charge in [0, 0.05) is 38.2 Å². The van der Waals surface area contributed by atoms with Crippen LogP contribution < -0.4 is 25.2 Å². The third-order valence-corrected chi connectivity index (χ3v) is 6.57. The van der Waals surface area contributed by atoms with Gasteiger partial charge >= 0.3 is 0 Å². The van der Waals surface area contributed by atoms with E-state index in [0.29, 0.717) is 60.8 Å². The van der Waals surface area contributed by atoms with Gasteiger partial charge in [-0.2, -0.15) is 4.98 Å². The molecule has 2 amide bonds. The number of nitrogens with one attached hydrogen (secondary N) is 2. The van der Waals surface area contributed by atoms with Gasteiger partial charge in [-0.05, 0) is 31.0 Å². The van der Waals surface area contributed by atoms with Gasteiger partial charge < -0.3 is 35.0 Å². The highest BCUT2D eigenvalue weighted by atomic mass is 16.5. The summed E-state index contributed by atoms with van der Waals surface area (Å²) in [6.07, 6.45) is 6.62. The van der Waals surface area contributed by atoms with Crippen molar-refractivity contribution in [3.8, 4) is 5.75 Å². The maximum atomic E-state index is 12.6. The van der Waals surface area contributed by atoms with Gasteiger partial charge in [0.25, 0.3) is 5.91 Å². The predicted molar refractivity (Wildman–Crippen MR) is 136 cm³/mol. The summed E-state index contributed by atoms with van der Waals surface area (Å²) in [5.41, 5.74) is 1.68. The average molecular weight is 499 g/mol. The van der Waals surface area contributed by atoms with Crippen LogP contribution in [0.5, 0.6) is 5.75 Å². The summed E-state index contributed by atoms with van der Waals surface area (Å²) in [5, 5.41) is 14.8. The van der Waals surface area contributed by atoms with Crippen molar-refractivity contribution in [3.05, 3.63) is 30.0 Å². The van der Waals surface area contributed by atoms with E-state index >= 15 is 0 Å². The minimum absolute atomic E-state index is 0.0446. The van der Waals surface area contributed by atoms with Crippen molar-refractivity contribution in [1.29, 1.82) is 0 Å². The van der Waals surface area contributed by atoms with Crippen molar-refractivity contribution in [2.75, 3.05) is 62.2 Å². The number of aromatic nitrogens is 2. The van der Waals surface area contributed by atoms with Crippen LogP contribution in [0.25, 0.3) is 0 Å². The highest BCUT2D eigenvalue weighted by molar-refractivity contribution is 5.97. The van der Waals surface area contributed by atoms with Gasteiger partial charge in [-0.3, -0.25) is 9.59 Å². The number of carbonyl (C=O) groups excluding carboxylic acids is 2. The van der Waals surface area contributed by atoms with E-state index in [2.05, 4.69) is 20.5 Å². The van der Waals surface area contributed by atoms with Gasteiger partial charge in [0.15, 0.2) is 5.82 Å². The molecule has 1 saturated carbocycles. The van der Waals surface area contributed by atoms with Crippen LogP contribution in [0.2, 0.25) is 0 Å². The molecule has 0 bridgehead atoms. The second-order valence-corrected chi connectivity index (χ2v) is 8.87. The largest absolute Gasteiger partial charge is 0.495 e. The number of aliphatic hydroxyl groups excluding tert-OH is 1. The van der Waals surface area contributed by atoms with Crippen molar-refractivity contribution < 1.29 is 24.2 Å². The predicted octanol–water partition coefficient (Wildman–Crippen LogP) is 2.08. The van der Waals surface area contributed by atoms with Crippen LogP contribution in [0.1, 0.15) is 42.5 Å². The molecule has 2 aliphatic rings. The lowest BCUT2D eigenvalue weighted by Crippen LogP contribution is -2.34. The van der Waals surface area contributed by atoms with E-state index < -0.39 is 0 Å². The number of benzene rings is 1. The standard InChI is InChI=1S/C25H34N6O5/c1-30-20-16-27-25(29-23(20)31(11-9-22(30)33)18-5-3-4-6-18)28-19-15-17(7-8-21(19)35-2)24(34)26-10-13-36-14-12-32/h7-8,15-16,18,32H,3-6,9-14H2,1-2H3,(H,26,34)(H,27,28,29). The topological polar surface area (TPSA) is 129 Å². The van der Waals surface area contributed by atoms with Gasteiger partial charge in [0.1, 0.15) is 11.4 Å². The van der Waals surface area contributed by atoms with Crippen LogP contribution in [0.15, 0.2) is 24.4 Å². The molecule has 0 spiro atoms. The average Bonchev–Trinajstić information content (AvgIpc) is 3.39. The van der Waals surface area contributed by atoms with Crippen LogP contribution in [0.3, 0.4) is 0 Å². The molecule has 2 aromatic rings. The first kappa shape index (κ1) is 25.6. The number of amides is 2. The van der Waals surface area contributed by atoms with Gasteiger partial charge in [0.05, 0.1) is 38.8 Å². The van der Waals surface area contributed by atoms with Crippen LogP contribution in [-0.4, -0.2) is 80.0 Å². The van der Waals surface area contributed by atoms with E-state index in [0.717, 1.165) is 18.7 Å². The number of carbonyl (C=O) groups is 2. The van der Waals surface area contributed by atoms with Crippen LogP contribution in [-0.2, 0) is 9.53 Å². The fourth-order valence-corrected chi connectivity index (χ4v) is 4.64. The van der Waals surface area contributed by atoms with Gasteiger partial charge in [0.2, 0.25) is 11.9 Å². The Hall–Kier alpha value is -3.44. The van der Waals surface area contributed by atoms with Crippen molar-refractivity contribution in [2.24, 2.45) is 0 Å². The minimum atomic E-state index is -0.260. The molecule has 0 atom stereocenters. The molecular weight excluding hydrogens is 464 g/mol. The molecule has 0 radical (unpaired) electrons. The lowest BCUT2D eigenvalue weighted by atomic mass is 10.1. The molecule has 0 unspecified atom stereocenters. The monoisotopic (exact) mass is 498 g/mol. The van der Waals surface area contributed by atoms with E-state index in [9.17, 15) is 9.59 Å². The van der Waals surface area contributed by atoms with Gasteiger partial charge in [-0.15, -0.1) is 0 Å². The summed E-state index contributed by atoms with van der Waals surface area (Å²) in [7, 11) is 3.31. The van der Waals surface area contributed by atoms with Crippen molar-refractivity contribution in [1.82, 2.24) is 15.3 Å². The third-order valence-electron chi connectivity index (χ3n) is 6.57. The maximum Gasteiger partial charge on any atom is 0.251 e. The smallest absolute Gasteiger partial charge is 0.251 e. The van der Waals surface area contributed by atoms with Crippen molar-refractivity contribution >= 4 is 35.0 Å². The lowest BCUT2D eigenvalue weighted by Gasteiger charge is -2.30. The molecule has 11 heteroatoms. The number of ether oxygens (including phenoxy) is 2. The molecule has 1 aromatic carbocycles. The molecule has 36 heavy (non-hydrogen) atoms. The molecule has 11 nitrogen and oxygen atoms in total. The number of methoxy groups -OCH3 is 1.